The molecule has 2 N–H and O–H groups in total. The van der Waals surface area contributed by atoms with Crippen LogP contribution >= 0.6 is 11.8 Å². The molecule has 2 unspecified atom stereocenters. The molecule has 2 atom stereocenters. The average Bonchev–Trinajstić information content (AvgIpc) is 2.93. The number of carbonyl (C=O) groups is 2. The van der Waals surface area contributed by atoms with E-state index in [0.29, 0.717) is 5.75 Å². The van der Waals surface area contributed by atoms with Crippen molar-refractivity contribution in [1.82, 2.24) is 4.90 Å². The van der Waals surface area contributed by atoms with E-state index >= 15 is 0 Å². The van der Waals surface area contributed by atoms with Crippen molar-refractivity contribution < 1.29 is 19.8 Å². The van der Waals surface area contributed by atoms with Gasteiger partial charge in [-0.25, -0.2) is 0 Å². The summed E-state index contributed by atoms with van der Waals surface area (Å²) in [6.07, 6.45) is 3.22. The van der Waals surface area contributed by atoms with Gasteiger partial charge in [0.25, 0.3) is 0 Å². The molecule has 1 aliphatic carbocycles. The number of rotatable bonds is 7. The molecule has 0 amide bonds. The fraction of sp³-hybridized carbons (Fsp3) is 0.875. The van der Waals surface area contributed by atoms with Crippen LogP contribution in [0.3, 0.4) is 0 Å². The van der Waals surface area contributed by atoms with Gasteiger partial charge in [0.1, 0.15) is 6.23 Å². The Balaban J connectivity index is 2.61. The molecule has 0 aromatic rings. The molecule has 1 saturated carbocycles. The number of aliphatic hydroxyl groups is 1. The number of thioether (sulfide) groups is 1. The first-order valence-corrected chi connectivity index (χ1v) is 8.94. The third kappa shape index (κ3) is 5.89. The Morgan fingerprint density at radius 3 is 2.27 bits per heavy atom. The summed E-state index contributed by atoms with van der Waals surface area (Å²) in [6, 6.07) is 0.136. The van der Waals surface area contributed by atoms with Crippen molar-refractivity contribution in [3.05, 3.63) is 0 Å². The summed E-state index contributed by atoms with van der Waals surface area (Å²) >= 11 is 1.23. The number of nitrogens with zero attached hydrogens (tertiary/aromatic N) is 1. The topological polar surface area (TPSA) is 77.8 Å². The van der Waals surface area contributed by atoms with Crippen molar-refractivity contribution in [2.45, 2.75) is 65.6 Å². The second-order valence-corrected chi connectivity index (χ2v) is 8.24. The predicted molar refractivity (Wildman–Crippen MR) is 88.7 cm³/mol. The quantitative estimate of drug-likeness (QED) is 0.698. The van der Waals surface area contributed by atoms with Crippen LogP contribution in [0.4, 0.5) is 0 Å². The number of carboxylic acids is 1. The molecule has 1 fully saturated rings. The molecule has 6 heteroatoms. The lowest BCUT2D eigenvalue weighted by Gasteiger charge is -2.35. The minimum absolute atomic E-state index is 0.0946. The molecule has 0 heterocycles. The molecule has 0 saturated heterocycles. The lowest BCUT2D eigenvalue weighted by atomic mass is 10.00. The minimum Gasteiger partial charge on any atom is -0.480 e. The largest absolute Gasteiger partial charge is 0.480 e. The van der Waals surface area contributed by atoms with Crippen LogP contribution in [0.5, 0.6) is 0 Å². The van der Waals surface area contributed by atoms with Gasteiger partial charge < -0.3 is 10.2 Å². The van der Waals surface area contributed by atoms with Gasteiger partial charge in [0.15, 0.2) is 5.12 Å². The van der Waals surface area contributed by atoms with Crippen molar-refractivity contribution in [2.75, 3.05) is 12.3 Å². The van der Waals surface area contributed by atoms with Crippen molar-refractivity contribution in [3.63, 3.8) is 0 Å². The number of hydrogen-bond acceptors (Lipinski definition) is 5. The third-order valence-electron chi connectivity index (χ3n) is 4.05. The predicted octanol–water partition coefficient (Wildman–Crippen LogP) is 2.58. The maximum Gasteiger partial charge on any atom is 0.317 e. The van der Waals surface area contributed by atoms with E-state index in [1.165, 1.54) is 11.8 Å². The zero-order valence-electron chi connectivity index (χ0n) is 14.0. The zero-order valence-corrected chi connectivity index (χ0v) is 14.9. The Labute approximate surface area is 137 Å². The molecule has 22 heavy (non-hydrogen) atoms. The zero-order chi connectivity index (χ0) is 16.9. The molecule has 128 valence electrons. The van der Waals surface area contributed by atoms with Gasteiger partial charge in [-0.2, -0.15) is 0 Å². The van der Waals surface area contributed by atoms with E-state index in [1.807, 2.05) is 27.7 Å². The second kappa shape index (κ2) is 8.31. The molecule has 5 nitrogen and oxygen atoms in total. The highest BCUT2D eigenvalue weighted by atomic mass is 32.2. The highest BCUT2D eigenvalue weighted by Gasteiger charge is 2.33. The van der Waals surface area contributed by atoms with Crippen molar-refractivity contribution in [2.24, 2.45) is 11.3 Å². The molecule has 1 rings (SSSR count). The molecule has 0 aliphatic heterocycles. The van der Waals surface area contributed by atoms with Crippen LogP contribution in [0.25, 0.3) is 0 Å². The third-order valence-corrected chi connectivity index (χ3v) is 5.62. The van der Waals surface area contributed by atoms with Crippen molar-refractivity contribution in [1.29, 1.82) is 0 Å². The van der Waals surface area contributed by atoms with Gasteiger partial charge in [-0.05, 0) is 12.8 Å². The van der Waals surface area contributed by atoms with Gasteiger partial charge in [-0.3, -0.25) is 14.5 Å². The maximum atomic E-state index is 12.0. The summed E-state index contributed by atoms with van der Waals surface area (Å²) in [5, 5.41) is 19.7. The van der Waals surface area contributed by atoms with E-state index in [2.05, 4.69) is 0 Å². The molecule has 1 aliphatic rings. The highest BCUT2D eigenvalue weighted by molar-refractivity contribution is 8.13. The van der Waals surface area contributed by atoms with Crippen LogP contribution in [0.15, 0.2) is 0 Å². The van der Waals surface area contributed by atoms with Gasteiger partial charge in [0.2, 0.25) is 0 Å². The van der Waals surface area contributed by atoms with Gasteiger partial charge >= 0.3 is 5.97 Å². The monoisotopic (exact) mass is 331 g/mol. The first-order valence-electron chi connectivity index (χ1n) is 7.95. The fourth-order valence-corrected chi connectivity index (χ4v) is 3.69. The first-order chi connectivity index (χ1) is 10.1. The lowest BCUT2D eigenvalue weighted by Crippen LogP contribution is -2.48. The number of carbonyl (C=O) groups excluding carboxylic acids is 1. The Bertz CT molecular complexity index is 388. The second-order valence-electron chi connectivity index (χ2n) is 7.24. The SMILES string of the molecule is CC(CSC(=O)C(C)(C)C)C(O)N(CC(=O)O)C1CCCC1. The molecule has 0 bridgehead atoms. The molecule has 0 aromatic heterocycles. The van der Waals surface area contributed by atoms with E-state index < -0.39 is 17.6 Å². The number of aliphatic carboxylic acids is 1. The minimum atomic E-state index is -0.920. The number of hydrogen-bond donors (Lipinski definition) is 2. The number of aliphatic hydroxyl groups excluding tert-OH is 1. The number of carboxylic acid groups (broad SMARTS) is 1. The molecule has 0 aromatic carbocycles. The van der Waals surface area contributed by atoms with Gasteiger partial charge in [-0.15, -0.1) is 0 Å². The Morgan fingerprint density at radius 1 is 1.27 bits per heavy atom. The summed E-state index contributed by atoms with van der Waals surface area (Å²) in [5.41, 5.74) is -0.401. The maximum absolute atomic E-state index is 12.0. The van der Waals surface area contributed by atoms with Gasteiger partial charge in [-0.1, -0.05) is 52.3 Å². The van der Waals surface area contributed by atoms with E-state index in [9.17, 15) is 14.7 Å². The first kappa shape index (κ1) is 19.5. The Kier molecular flexibility index (Phi) is 7.35. The standard InChI is InChI=1S/C16H29NO4S/c1-11(10-22-15(21)16(2,3)4)14(20)17(9-13(18)19)12-7-5-6-8-12/h11-12,14,20H,5-10H2,1-4H3,(H,18,19). The van der Waals surface area contributed by atoms with Crippen molar-refractivity contribution in [3.8, 4) is 0 Å². The van der Waals surface area contributed by atoms with Crippen molar-refractivity contribution >= 4 is 22.8 Å². The Morgan fingerprint density at radius 2 is 1.82 bits per heavy atom. The fourth-order valence-electron chi connectivity index (χ4n) is 2.67. The van der Waals surface area contributed by atoms with E-state index in [1.54, 1.807) is 4.90 Å². The van der Waals surface area contributed by atoms with Crippen LogP contribution in [-0.2, 0) is 9.59 Å². The van der Waals surface area contributed by atoms with Crippen LogP contribution < -0.4 is 0 Å². The molecule has 0 spiro atoms. The van der Waals surface area contributed by atoms with Gasteiger partial charge in [0.05, 0.1) is 6.54 Å². The van der Waals surface area contributed by atoms with E-state index in [-0.39, 0.29) is 23.6 Å². The normalized spacial score (nSPS) is 19.4. The van der Waals surface area contributed by atoms with E-state index in [0.717, 1.165) is 25.7 Å². The summed E-state index contributed by atoms with van der Waals surface area (Å²) in [7, 11) is 0. The summed E-state index contributed by atoms with van der Waals surface area (Å²) in [4.78, 5) is 24.7. The van der Waals surface area contributed by atoms with Crippen LogP contribution in [-0.4, -0.2) is 50.8 Å². The highest BCUT2D eigenvalue weighted by Crippen LogP contribution is 2.29. The Hall–Kier alpha value is -0.590. The smallest absolute Gasteiger partial charge is 0.317 e. The van der Waals surface area contributed by atoms with Crippen LogP contribution in [0.2, 0.25) is 0 Å². The van der Waals surface area contributed by atoms with E-state index in [4.69, 9.17) is 5.11 Å². The van der Waals surface area contributed by atoms with Crippen LogP contribution in [0.1, 0.15) is 53.4 Å². The average molecular weight is 331 g/mol. The van der Waals surface area contributed by atoms with Gasteiger partial charge in [0, 0.05) is 23.1 Å². The lowest BCUT2D eigenvalue weighted by molar-refractivity contribution is -0.144. The summed E-state index contributed by atoms with van der Waals surface area (Å²) in [6.45, 7) is 7.35. The molecular weight excluding hydrogens is 302 g/mol. The molecule has 0 radical (unpaired) electrons. The molecular formula is C16H29NO4S. The summed E-state index contributed by atoms with van der Waals surface area (Å²) in [5.74, 6) is -0.576. The summed E-state index contributed by atoms with van der Waals surface area (Å²) < 4.78 is 0. The van der Waals surface area contributed by atoms with Crippen LogP contribution in [0, 0.1) is 11.3 Å².